The molecule has 54 heavy (non-hydrogen) atoms. The molecule has 4 aliphatic heterocycles. The highest BCUT2D eigenvalue weighted by atomic mass is 32.2. The van der Waals surface area contributed by atoms with Crippen molar-refractivity contribution in [3.63, 3.8) is 0 Å². The summed E-state index contributed by atoms with van der Waals surface area (Å²) in [5, 5.41) is 12.7. The van der Waals surface area contributed by atoms with E-state index in [9.17, 15) is 18.5 Å². The molecule has 0 aliphatic carbocycles. The largest absolute Gasteiger partial charge is 0.497 e. The number of likely N-dealkylation sites (tertiary alicyclic amines) is 2. The minimum absolute atomic E-state index is 0.00136. The number of pyridine rings is 1. The number of piperidine rings is 1. The van der Waals surface area contributed by atoms with E-state index in [1.807, 2.05) is 0 Å². The second-order valence-corrected chi connectivity index (χ2v) is 15.5. The molecule has 3 amide bonds. The number of likely N-dealkylation sites (N-methyl/N-ethyl adjacent to an activating group) is 1. The smallest absolute Gasteiger partial charge is 0.318 e. The second kappa shape index (κ2) is 14.7. The van der Waals surface area contributed by atoms with Crippen molar-refractivity contribution in [1.29, 1.82) is 5.26 Å². The molecule has 1 aromatic heterocycles. The predicted molar refractivity (Wildman–Crippen MR) is 192 cm³/mol. The van der Waals surface area contributed by atoms with Crippen LogP contribution in [0.3, 0.4) is 0 Å². The Morgan fingerprint density at radius 1 is 1.11 bits per heavy atom. The summed E-state index contributed by atoms with van der Waals surface area (Å²) in [7, 11) is -0.0840. The summed E-state index contributed by atoms with van der Waals surface area (Å²) in [5.74, 6) is -2.14. The Balaban J connectivity index is 1.25. The summed E-state index contributed by atoms with van der Waals surface area (Å²) in [6.45, 7) is 5.80. The van der Waals surface area contributed by atoms with Crippen LogP contribution in [0.15, 0.2) is 53.6 Å². The van der Waals surface area contributed by atoms with Crippen molar-refractivity contribution < 1.29 is 41.3 Å². The van der Waals surface area contributed by atoms with Crippen LogP contribution in [0.4, 0.5) is 14.9 Å². The fourth-order valence-electron chi connectivity index (χ4n) is 7.70. The van der Waals surface area contributed by atoms with Gasteiger partial charge in [0, 0.05) is 62.2 Å². The fraction of sp³-hybridized carbons (Fsp3) is 0.459. The van der Waals surface area contributed by atoms with Gasteiger partial charge in [0.25, 0.3) is 15.9 Å². The van der Waals surface area contributed by atoms with Gasteiger partial charge in [0.15, 0.2) is 5.54 Å². The van der Waals surface area contributed by atoms with Crippen LogP contribution in [0, 0.1) is 17.1 Å². The van der Waals surface area contributed by atoms with Crippen molar-refractivity contribution in [2.24, 2.45) is 0 Å². The highest BCUT2D eigenvalue weighted by Gasteiger charge is 2.60. The minimum Gasteiger partial charge on any atom is -0.497 e. The normalized spacial score (nSPS) is 20.9. The van der Waals surface area contributed by atoms with Gasteiger partial charge < -0.3 is 29.2 Å². The molecule has 3 fully saturated rings. The first kappa shape index (κ1) is 37.3. The molecular weight excluding hydrogens is 722 g/mol. The SMILES string of the molecule is CCOc1ncccc1[C@]1(NC(=O)N2CC(N3CCC(N(C)C4COC4)CC3)C2)C(=O)N(S(=O)(=O)c2ccc(OC)cc2OC)c2cc(F)c(C#N)cc21. The molecule has 17 heteroatoms. The summed E-state index contributed by atoms with van der Waals surface area (Å²) in [6, 6.07) is 10.9. The van der Waals surface area contributed by atoms with E-state index < -0.39 is 49.5 Å². The summed E-state index contributed by atoms with van der Waals surface area (Å²) < 4.78 is 67.0. The number of carbonyl (C=O) groups excluding carboxylic acids is 2. The fourth-order valence-corrected chi connectivity index (χ4v) is 9.30. The lowest BCUT2D eigenvalue weighted by Gasteiger charge is -2.50. The molecule has 0 saturated carbocycles. The number of anilines is 1. The Morgan fingerprint density at radius 2 is 1.85 bits per heavy atom. The quantitative estimate of drug-likeness (QED) is 0.304. The Kier molecular flexibility index (Phi) is 10.1. The molecule has 1 N–H and O–H groups in total. The van der Waals surface area contributed by atoms with Gasteiger partial charge in [-0.05, 0) is 57.1 Å². The average molecular weight is 764 g/mol. The number of nitrogens with zero attached hydrogens (tertiary/aromatic N) is 6. The van der Waals surface area contributed by atoms with Crippen molar-refractivity contribution >= 4 is 27.6 Å². The highest BCUT2D eigenvalue weighted by Crippen LogP contribution is 2.50. The molecule has 0 bridgehead atoms. The molecule has 2 aromatic carbocycles. The van der Waals surface area contributed by atoms with Gasteiger partial charge in [0.1, 0.15) is 28.3 Å². The third-order valence-corrected chi connectivity index (χ3v) is 12.6. The van der Waals surface area contributed by atoms with Crippen LogP contribution in [0.1, 0.15) is 36.5 Å². The number of carbonyl (C=O) groups is 2. The van der Waals surface area contributed by atoms with Gasteiger partial charge in [0.05, 0.1) is 56.9 Å². The van der Waals surface area contributed by atoms with Crippen LogP contribution >= 0.6 is 0 Å². The number of methoxy groups -OCH3 is 2. The molecule has 4 aliphatic rings. The monoisotopic (exact) mass is 763 g/mol. The third-order valence-electron chi connectivity index (χ3n) is 10.9. The van der Waals surface area contributed by atoms with E-state index in [-0.39, 0.29) is 41.2 Å². The van der Waals surface area contributed by atoms with Crippen molar-refractivity contribution in [2.45, 2.75) is 48.3 Å². The van der Waals surface area contributed by atoms with Crippen molar-refractivity contribution in [2.75, 3.05) is 71.6 Å². The maximum Gasteiger partial charge on any atom is 0.318 e. The predicted octanol–water partition coefficient (Wildman–Crippen LogP) is 2.68. The van der Waals surface area contributed by atoms with E-state index in [1.54, 1.807) is 17.9 Å². The number of nitrogens with one attached hydrogen (secondary N) is 1. The van der Waals surface area contributed by atoms with Crippen LogP contribution in [0.2, 0.25) is 0 Å². The van der Waals surface area contributed by atoms with Gasteiger partial charge in [-0.15, -0.1) is 0 Å². The van der Waals surface area contributed by atoms with Crippen LogP contribution < -0.4 is 23.8 Å². The Labute approximate surface area is 313 Å². The molecule has 0 unspecified atom stereocenters. The minimum atomic E-state index is -4.88. The Hall–Kier alpha value is -5.02. The molecule has 0 spiro atoms. The van der Waals surface area contributed by atoms with E-state index in [1.165, 1.54) is 50.7 Å². The topological polar surface area (TPSA) is 167 Å². The summed E-state index contributed by atoms with van der Waals surface area (Å²) in [5.41, 5.74) is -3.34. The van der Waals surface area contributed by atoms with Gasteiger partial charge in [0.2, 0.25) is 5.88 Å². The van der Waals surface area contributed by atoms with E-state index in [2.05, 4.69) is 27.1 Å². The average Bonchev–Trinajstić information content (AvgIpc) is 3.36. The first-order chi connectivity index (χ1) is 26.0. The van der Waals surface area contributed by atoms with Crippen LogP contribution in [-0.4, -0.2) is 125 Å². The number of sulfonamides is 1. The molecule has 5 heterocycles. The first-order valence-electron chi connectivity index (χ1n) is 17.7. The second-order valence-electron chi connectivity index (χ2n) is 13.7. The van der Waals surface area contributed by atoms with Crippen molar-refractivity contribution in [1.82, 2.24) is 25.0 Å². The van der Waals surface area contributed by atoms with E-state index in [0.29, 0.717) is 29.5 Å². The number of fused-ring (bicyclic) bond motifs is 1. The molecule has 3 aromatic rings. The number of nitriles is 1. The molecule has 15 nitrogen and oxygen atoms in total. The zero-order valence-corrected chi connectivity index (χ0v) is 31.3. The number of benzene rings is 2. The van der Waals surface area contributed by atoms with E-state index in [4.69, 9.17) is 18.9 Å². The lowest BCUT2D eigenvalue weighted by molar-refractivity contribution is -0.121. The maximum absolute atomic E-state index is 15.5. The van der Waals surface area contributed by atoms with Gasteiger partial charge >= 0.3 is 6.03 Å². The van der Waals surface area contributed by atoms with Crippen LogP contribution in [0.5, 0.6) is 17.4 Å². The molecule has 1 atom stereocenters. The summed E-state index contributed by atoms with van der Waals surface area (Å²) in [4.78, 5) is 39.7. The van der Waals surface area contributed by atoms with Gasteiger partial charge in [-0.1, -0.05) is 0 Å². The number of hydrogen-bond donors (Lipinski definition) is 1. The lowest BCUT2D eigenvalue weighted by Crippen LogP contribution is -2.67. The molecule has 7 rings (SSSR count). The van der Waals surface area contributed by atoms with Gasteiger partial charge in [-0.25, -0.2) is 22.6 Å². The van der Waals surface area contributed by atoms with Gasteiger partial charge in [-0.3, -0.25) is 14.6 Å². The van der Waals surface area contributed by atoms with E-state index in [0.717, 1.165) is 51.3 Å². The number of halogens is 1. The zero-order chi connectivity index (χ0) is 38.4. The molecule has 0 radical (unpaired) electrons. The van der Waals surface area contributed by atoms with E-state index >= 15 is 9.18 Å². The zero-order valence-electron chi connectivity index (χ0n) is 30.5. The standard InChI is InChI=1S/C37H42FN7O8S/c1-5-53-34-28(7-6-12-40-34)37(41-36(47)44-19-25(20-44)43-13-10-24(11-14-43)42(2)26-21-52-22-26)29-15-23(18-39)30(38)17-31(29)45(35(37)46)54(48,49)33-9-8-27(50-3)16-32(33)51-4/h6-9,12,15-17,24-26H,5,10-11,13-14,19-22H2,1-4H3,(H,41,47)/t37-/m1/s1. The molecular formula is C37H42FN7O8S. The number of urea groups is 1. The third kappa shape index (κ3) is 6.16. The number of amides is 3. The van der Waals surface area contributed by atoms with Crippen LogP contribution in [-0.2, 0) is 25.1 Å². The molecule has 286 valence electrons. The first-order valence-corrected chi connectivity index (χ1v) is 19.2. The van der Waals surface area contributed by atoms with Crippen molar-refractivity contribution in [3.05, 3.63) is 71.2 Å². The summed E-state index contributed by atoms with van der Waals surface area (Å²) >= 11 is 0. The number of aromatic nitrogens is 1. The maximum atomic E-state index is 15.5. The Morgan fingerprint density at radius 3 is 2.48 bits per heavy atom. The number of rotatable bonds is 11. The van der Waals surface area contributed by atoms with Gasteiger partial charge in [-0.2, -0.15) is 9.57 Å². The number of hydrogen-bond acceptors (Lipinski definition) is 12. The van der Waals surface area contributed by atoms with Crippen LogP contribution in [0.25, 0.3) is 0 Å². The van der Waals surface area contributed by atoms with Crippen molar-refractivity contribution in [3.8, 4) is 23.4 Å². The highest BCUT2D eigenvalue weighted by molar-refractivity contribution is 7.93. The summed E-state index contributed by atoms with van der Waals surface area (Å²) in [6.07, 6.45) is 3.41. The lowest BCUT2D eigenvalue weighted by atomic mass is 9.83. The molecule has 3 saturated heterocycles. The Bertz CT molecular complexity index is 2100. The number of ether oxygens (including phenoxy) is 4.